The first-order chi connectivity index (χ1) is 11.6. The van der Waals surface area contributed by atoms with Crippen LogP contribution in [0.15, 0.2) is 42.6 Å². The van der Waals surface area contributed by atoms with Gasteiger partial charge >= 0.3 is 0 Å². The van der Waals surface area contributed by atoms with Crippen molar-refractivity contribution in [2.24, 2.45) is 5.92 Å². The van der Waals surface area contributed by atoms with Gasteiger partial charge in [0.05, 0.1) is 5.56 Å². The second-order valence-electron chi connectivity index (χ2n) is 5.89. The van der Waals surface area contributed by atoms with Crippen molar-refractivity contribution in [3.63, 3.8) is 0 Å². The summed E-state index contributed by atoms with van der Waals surface area (Å²) >= 11 is 5.16. The highest BCUT2D eigenvalue weighted by molar-refractivity contribution is 7.71. The molecule has 0 spiro atoms. The Kier molecular flexibility index (Phi) is 4.76. The van der Waals surface area contributed by atoms with Crippen LogP contribution in [0.5, 0.6) is 5.75 Å². The number of amides is 1. The third kappa shape index (κ3) is 3.38. The van der Waals surface area contributed by atoms with Crippen LogP contribution in [0.1, 0.15) is 33.6 Å². The molecule has 2 aromatic rings. The van der Waals surface area contributed by atoms with E-state index in [9.17, 15) is 14.7 Å². The molecular formula is C18H18N2O3S. The van der Waals surface area contributed by atoms with Crippen LogP contribution in [-0.2, 0) is 0 Å². The van der Waals surface area contributed by atoms with Crippen LogP contribution in [-0.4, -0.2) is 39.8 Å². The Hall–Kier alpha value is -2.47. The number of carbonyl (C=O) groups is 2. The van der Waals surface area contributed by atoms with E-state index in [0.717, 1.165) is 0 Å². The molecule has 24 heavy (non-hydrogen) atoms. The normalized spacial score (nSPS) is 15.2. The average Bonchev–Trinajstić information content (AvgIpc) is 2.62. The Labute approximate surface area is 144 Å². The van der Waals surface area contributed by atoms with Crippen molar-refractivity contribution in [3.05, 3.63) is 58.4 Å². The molecule has 1 fully saturated rings. The molecule has 0 bridgehead atoms. The monoisotopic (exact) mass is 342 g/mol. The van der Waals surface area contributed by atoms with Gasteiger partial charge in [-0.2, -0.15) is 0 Å². The number of rotatable bonds is 3. The molecule has 6 heteroatoms. The Morgan fingerprint density at radius 2 is 1.79 bits per heavy atom. The first kappa shape index (κ1) is 16.4. The number of aromatic nitrogens is 1. The zero-order valence-corrected chi connectivity index (χ0v) is 13.9. The van der Waals surface area contributed by atoms with Gasteiger partial charge in [0.15, 0.2) is 5.78 Å². The van der Waals surface area contributed by atoms with Crippen LogP contribution in [0.3, 0.4) is 0 Å². The molecule has 1 aliphatic rings. The Morgan fingerprint density at radius 1 is 1.12 bits per heavy atom. The number of phenols is 1. The van der Waals surface area contributed by atoms with Gasteiger partial charge in [0.25, 0.3) is 5.91 Å². The molecule has 3 rings (SSSR count). The van der Waals surface area contributed by atoms with E-state index in [-0.39, 0.29) is 23.4 Å². The number of nitrogens with zero attached hydrogens (tertiary/aromatic N) is 1. The summed E-state index contributed by atoms with van der Waals surface area (Å²) < 4.78 is 0.435. The number of Topliss-reactive ketones (excluding diaryl/α,β-unsaturated/α-hetero) is 1. The van der Waals surface area contributed by atoms with Crippen molar-refractivity contribution in [1.29, 1.82) is 0 Å². The van der Waals surface area contributed by atoms with E-state index in [1.165, 1.54) is 12.1 Å². The van der Waals surface area contributed by atoms with Gasteiger partial charge in [0, 0.05) is 30.8 Å². The van der Waals surface area contributed by atoms with Gasteiger partial charge < -0.3 is 15.0 Å². The van der Waals surface area contributed by atoms with Gasteiger partial charge in [-0.15, -0.1) is 0 Å². The summed E-state index contributed by atoms with van der Waals surface area (Å²) in [6.07, 6.45) is 2.96. The Bertz CT molecular complexity index is 806. The molecule has 1 aromatic carbocycles. The van der Waals surface area contributed by atoms with Crippen LogP contribution in [0.2, 0.25) is 0 Å². The molecule has 0 unspecified atom stereocenters. The van der Waals surface area contributed by atoms with Gasteiger partial charge in [-0.05, 0) is 49.2 Å². The third-order valence-electron chi connectivity index (χ3n) is 4.35. The minimum Gasteiger partial charge on any atom is -0.508 e. The maximum Gasteiger partial charge on any atom is 0.256 e. The second kappa shape index (κ2) is 6.97. The Balaban J connectivity index is 1.64. The highest BCUT2D eigenvalue weighted by atomic mass is 32.1. The van der Waals surface area contributed by atoms with E-state index in [0.29, 0.717) is 41.7 Å². The summed E-state index contributed by atoms with van der Waals surface area (Å²) in [6.45, 7) is 1.08. The molecule has 5 nitrogen and oxygen atoms in total. The van der Waals surface area contributed by atoms with Gasteiger partial charge in [-0.3, -0.25) is 9.59 Å². The van der Waals surface area contributed by atoms with E-state index in [1.807, 2.05) is 0 Å². The molecule has 0 saturated carbocycles. The fourth-order valence-electron chi connectivity index (χ4n) is 2.97. The lowest BCUT2D eigenvalue weighted by Gasteiger charge is -2.31. The number of ketones is 1. The fraction of sp³-hybridized carbons (Fsp3) is 0.278. The van der Waals surface area contributed by atoms with E-state index < -0.39 is 0 Å². The zero-order chi connectivity index (χ0) is 17.1. The molecule has 0 aliphatic carbocycles. The van der Waals surface area contributed by atoms with Crippen molar-refractivity contribution in [3.8, 4) is 5.75 Å². The van der Waals surface area contributed by atoms with Crippen molar-refractivity contribution in [2.45, 2.75) is 12.8 Å². The number of phenolic OH excluding ortho intramolecular Hbond substituents is 1. The predicted molar refractivity (Wildman–Crippen MR) is 92.7 cm³/mol. The molecule has 1 saturated heterocycles. The standard InChI is InChI=1S/C18H18N2O3S/c21-14-5-3-12(4-6-14)16(22)13-7-10-20(11-8-13)18(23)15-2-1-9-19-17(15)24/h1-6,9,13,21H,7-8,10-11H2,(H,19,24). The molecular weight excluding hydrogens is 324 g/mol. The number of hydrogen-bond donors (Lipinski definition) is 2. The maximum absolute atomic E-state index is 12.5. The van der Waals surface area contributed by atoms with Crippen molar-refractivity contribution >= 4 is 23.9 Å². The number of piperidine rings is 1. The predicted octanol–water partition coefficient (Wildman–Crippen LogP) is 3.18. The van der Waals surface area contributed by atoms with Gasteiger partial charge in [0.1, 0.15) is 10.4 Å². The van der Waals surface area contributed by atoms with E-state index in [2.05, 4.69) is 4.98 Å². The number of pyridine rings is 1. The SMILES string of the molecule is O=C(c1ccc(O)cc1)C1CCN(C(=O)c2ccc[nH]c2=S)CC1. The van der Waals surface area contributed by atoms with E-state index in [1.54, 1.807) is 35.4 Å². The lowest BCUT2D eigenvalue weighted by molar-refractivity contribution is 0.0649. The summed E-state index contributed by atoms with van der Waals surface area (Å²) in [5.74, 6) is 0.0294. The molecule has 124 valence electrons. The molecule has 0 atom stereocenters. The lowest BCUT2D eigenvalue weighted by Crippen LogP contribution is -2.40. The molecule has 1 aromatic heterocycles. The zero-order valence-electron chi connectivity index (χ0n) is 13.1. The first-order valence-corrected chi connectivity index (χ1v) is 8.27. The third-order valence-corrected chi connectivity index (χ3v) is 4.69. The molecule has 2 heterocycles. The minimum atomic E-state index is -0.0936. The number of benzene rings is 1. The number of aromatic hydroxyl groups is 1. The van der Waals surface area contributed by atoms with Crippen LogP contribution in [0.4, 0.5) is 0 Å². The molecule has 0 radical (unpaired) electrons. The molecule has 1 aliphatic heterocycles. The van der Waals surface area contributed by atoms with Crippen LogP contribution in [0, 0.1) is 10.6 Å². The summed E-state index contributed by atoms with van der Waals surface area (Å²) in [5, 5.41) is 9.31. The molecule has 2 N–H and O–H groups in total. The van der Waals surface area contributed by atoms with Gasteiger partial charge in [0.2, 0.25) is 0 Å². The lowest BCUT2D eigenvalue weighted by atomic mass is 9.88. The number of hydrogen-bond acceptors (Lipinski definition) is 4. The smallest absolute Gasteiger partial charge is 0.256 e. The average molecular weight is 342 g/mol. The summed E-state index contributed by atoms with van der Waals surface area (Å²) in [6, 6.07) is 9.78. The maximum atomic E-state index is 12.5. The number of carbonyl (C=O) groups excluding carboxylic acids is 2. The van der Waals surface area contributed by atoms with E-state index in [4.69, 9.17) is 12.2 Å². The number of nitrogens with one attached hydrogen (secondary N) is 1. The number of H-pyrrole nitrogens is 1. The van der Waals surface area contributed by atoms with Crippen molar-refractivity contribution in [2.75, 3.05) is 13.1 Å². The highest BCUT2D eigenvalue weighted by Gasteiger charge is 2.28. The Morgan fingerprint density at radius 3 is 2.42 bits per heavy atom. The number of likely N-dealkylation sites (tertiary alicyclic amines) is 1. The largest absolute Gasteiger partial charge is 0.508 e. The molecule has 1 amide bonds. The highest BCUT2D eigenvalue weighted by Crippen LogP contribution is 2.24. The van der Waals surface area contributed by atoms with Crippen molar-refractivity contribution < 1.29 is 14.7 Å². The van der Waals surface area contributed by atoms with Crippen LogP contribution < -0.4 is 0 Å². The van der Waals surface area contributed by atoms with Crippen LogP contribution in [0.25, 0.3) is 0 Å². The second-order valence-corrected chi connectivity index (χ2v) is 6.30. The van der Waals surface area contributed by atoms with Gasteiger partial charge in [-0.25, -0.2) is 0 Å². The minimum absolute atomic E-state index is 0.0686. The summed E-state index contributed by atoms with van der Waals surface area (Å²) in [4.78, 5) is 29.7. The first-order valence-electron chi connectivity index (χ1n) is 7.86. The van der Waals surface area contributed by atoms with E-state index >= 15 is 0 Å². The van der Waals surface area contributed by atoms with Crippen LogP contribution >= 0.6 is 12.2 Å². The van der Waals surface area contributed by atoms with Crippen molar-refractivity contribution in [1.82, 2.24) is 9.88 Å². The summed E-state index contributed by atoms with van der Waals surface area (Å²) in [7, 11) is 0. The number of aromatic amines is 1. The quantitative estimate of drug-likeness (QED) is 0.664. The topological polar surface area (TPSA) is 73.4 Å². The fourth-order valence-corrected chi connectivity index (χ4v) is 3.19. The summed E-state index contributed by atoms with van der Waals surface area (Å²) in [5.41, 5.74) is 1.10. The van der Waals surface area contributed by atoms with Gasteiger partial charge in [-0.1, -0.05) is 12.2 Å².